The summed E-state index contributed by atoms with van der Waals surface area (Å²) in [5.41, 5.74) is 2.23. The molecule has 96 valence electrons. The Morgan fingerprint density at radius 2 is 1.95 bits per heavy atom. The lowest BCUT2D eigenvalue weighted by molar-refractivity contribution is 0.103. The first-order valence-electron chi connectivity index (χ1n) is 6.51. The molecule has 3 heteroatoms. The summed E-state index contributed by atoms with van der Waals surface area (Å²) in [7, 11) is 0. The molecule has 1 aromatic carbocycles. The molecule has 0 amide bonds. The molecule has 0 unspecified atom stereocenters. The van der Waals surface area contributed by atoms with E-state index in [4.69, 9.17) is 11.6 Å². The van der Waals surface area contributed by atoms with E-state index in [9.17, 15) is 4.79 Å². The third-order valence-corrected chi connectivity index (χ3v) is 4.03. The van der Waals surface area contributed by atoms with Crippen molar-refractivity contribution >= 4 is 17.4 Å². The highest BCUT2D eigenvalue weighted by Crippen LogP contribution is 2.38. The van der Waals surface area contributed by atoms with Gasteiger partial charge < -0.3 is 0 Å². The van der Waals surface area contributed by atoms with Gasteiger partial charge in [-0.05, 0) is 36.5 Å². The number of ketones is 1. The molecular formula is C16H14ClNO. The van der Waals surface area contributed by atoms with E-state index < -0.39 is 0 Å². The van der Waals surface area contributed by atoms with Crippen LogP contribution in [0.1, 0.15) is 46.8 Å². The van der Waals surface area contributed by atoms with E-state index in [-0.39, 0.29) is 5.78 Å². The molecule has 1 aliphatic rings. The van der Waals surface area contributed by atoms with Crippen LogP contribution >= 0.6 is 11.6 Å². The van der Waals surface area contributed by atoms with E-state index in [2.05, 4.69) is 4.98 Å². The number of rotatable bonds is 3. The summed E-state index contributed by atoms with van der Waals surface area (Å²) in [4.78, 5) is 16.7. The summed E-state index contributed by atoms with van der Waals surface area (Å²) in [5.74, 6) is 0.440. The number of carbonyl (C=O) groups excluding carboxylic acids is 1. The maximum Gasteiger partial charge on any atom is 0.213 e. The fourth-order valence-corrected chi connectivity index (χ4v) is 2.67. The zero-order chi connectivity index (χ0) is 13.2. The Kier molecular flexibility index (Phi) is 3.34. The van der Waals surface area contributed by atoms with Crippen LogP contribution in [0, 0.1) is 0 Å². The highest BCUT2D eigenvalue weighted by molar-refractivity contribution is 6.34. The first-order chi connectivity index (χ1) is 9.27. The minimum Gasteiger partial charge on any atom is -0.287 e. The molecule has 0 radical (unpaired) electrons. The molecule has 1 aliphatic carbocycles. The van der Waals surface area contributed by atoms with Crippen LogP contribution in [0.3, 0.4) is 0 Å². The average molecular weight is 272 g/mol. The van der Waals surface area contributed by atoms with Crippen molar-refractivity contribution in [3.63, 3.8) is 0 Å². The minimum atomic E-state index is -0.0758. The molecule has 0 saturated heterocycles. The highest BCUT2D eigenvalue weighted by Gasteiger charge is 2.25. The summed E-state index contributed by atoms with van der Waals surface area (Å²) in [6.07, 6.45) is 5.18. The molecule has 3 rings (SSSR count). The third-order valence-electron chi connectivity index (χ3n) is 3.72. The first kappa shape index (κ1) is 12.4. The van der Waals surface area contributed by atoms with Crippen molar-refractivity contribution in [1.29, 1.82) is 0 Å². The molecule has 0 atom stereocenters. The van der Waals surface area contributed by atoms with Gasteiger partial charge in [-0.2, -0.15) is 0 Å². The minimum absolute atomic E-state index is 0.0758. The summed E-state index contributed by atoms with van der Waals surface area (Å²) in [6.45, 7) is 0. The van der Waals surface area contributed by atoms with Crippen LogP contribution in [0.4, 0.5) is 0 Å². The fraction of sp³-hybridized carbons (Fsp3) is 0.250. The maximum absolute atomic E-state index is 12.6. The number of hydrogen-bond acceptors (Lipinski definition) is 2. The average Bonchev–Trinajstić information content (AvgIpc) is 2.37. The Morgan fingerprint density at radius 3 is 2.63 bits per heavy atom. The Bertz CT molecular complexity index is 620. The lowest BCUT2D eigenvalue weighted by atomic mass is 9.77. The number of pyridine rings is 1. The van der Waals surface area contributed by atoms with Gasteiger partial charge in [-0.3, -0.25) is 9.78 Å². The molecular weight excluding hydrogens is 258 g/mol. The number of carbonyl (C=O) groups is 1. The smallest absolute Gasteiger partial charge is 0.213 e. The van der Waals surface area contributed by atoms with Crippen molar-refractivity contribution in [3.8, 4) is 0 Å². The van der Waals surface area contributed by atoms with Gasteiger partial charge in [0.25, 0.3) is 0 Å². The van der Waals surface area contributed by atoms with Crippen LogP contribution in [-0.2, 0) is 0 Å². The number of aromatic nitrogens is 1. The van der Waals surface area contributed by atoms with Crippen molar-refractivity contribution in [3.05, 3.63) is 64.4 Å². The van der Waals surface area contributed by atoms with E-state index in [1.54, 1.807) is 18.3 Å². The van der Waals surface area contributed by atoms with E-state index in [0.717, 1.165) is 11.1 Å². The number of nitrogens with zero attached hydrogens (tertiary/aromatic N) is 1. The van der Waals surface area contributed by atoms with Crippen molar-refractivity contribution < 1.29 is 4.79 Å². The normalized spacial score (nSPS) is 15.0. The second kappa shape index (κ2) is 5.14. The van der Waals surface area contributed by atoms with Crippen molar-refractivity contribution in [1.82, 2.24) is 4.98 Å². The predicted octanol–water partition coefficient (Wildman–Crippen LogP) is 4.23. The number of halogens is 1. The predicted molar refractivity (Wildman–Crippen MR) is 75.7 cm³/mol. The Morgan fingerprint density at radius 1 is 1.16 bits per heavy atom. The summed E-state index contributed by atoms with van der Waals surface area (Å²) < 4.78 is 0. The van der Waals surface area contributed by atoms with Gasteiger partial charge in [0.1, 0.15) is 5.69 Å². The lowest BCUT2D eigenvalue weighted by Crippen LogP contribution is -2.15. The SMILES string of the molecule is O=C(c1ccccc1C1CCC1)c1ncccc1Cl. The Hall–Kier alpha value is -1.67. The zero-order valence-corrected chi connectivity index (χ0v) is 11.2. The number of hydrogen-bond donors (Lipinski definition) is 0. The van der Waals surface area contributed by atoms with Gasteiger partial charge in [0.2, 0.25) is 5.78 Å². The molecule has 0 bridgehead atoms. The van der Waals surface area contributed by atoms with Crippen LogP contribution in [0.5, 0.6) is 0 Å². The van der Waals surface area contributed by atoms with E-state index in [1.165, 1.54) is 19.3 Å². The van der Waals surface area contributed by atoms with E-state index in [0.29, 0.717) is 16.6 Å². The van der Waals surface area contributed by atoms with Crippen molar-refractivity contribution in [2.45, 2.75) is 25.2 Å². The largest absolute Gasteiger partial charge is 0.287 e. The molecule has 2 aromatic rings. The lowest BCUT2D eigenvalue weighted by Gasteiger charge is -2.27. The second-order valence-corrected chi connectivity index (χ2v) is 5.29. The monoisotopic (exact) mass is 271 g/mol. The maximum atomic E-state index is 12.6. The van der Waals surface area contributed by atoms with Crippen LogP contribution in [0.15, 0.2) is 42.6 Å². The van der Waals surface area contributed by atoms with Crippen LogP contribution in [0.2, 0.25) is 5.02 Å². The Labute approximate surface area is 117 Å². The van der Waals surface area contributed by atoms with E-state index >= 15 is 0 Å². The quantitative estimate of drug-likeness (QED) is 0.782. The van der Waals surface area contributed by atoms with E-state index in [1.807, 2.05) is 24.3 Å². The van der Waals surface area contributed by atoms with Gasteiger partial charge in [-0.25, -0.2) is 0 Å². The van der Waals surface area contributed by atoms with Gasteiger partial charge in [0, 0.05) is 11.8 Å². The van der Waals surface area contributed by atoms with Gasteiger partial charge >= 0.3 is 0 Å². The Balaban J connectivity index is 2.02. The summed E-state index contributed by atoms with van der Waals surface area (Å²) in [5, 5.41) is 0.413. The zero-order valence-electron chi connectivity index (χ0n) is 10.5. The second-order valence-electron chi connectivity index (χ2n) is 4.88. The van der Waals surface area contributed by atoms with Gasteiger partial charge in [-0.15, -0.1) is 0 Å². The van der Waals surface area contributed by atoms with Crippen LogP contribution in [0.25, 0.3) is 0 Å². The molecule has 1 fully saturated rings. The van der Waals surface area contributed by atoms with Crippen LogP contribution < -0.4 is 0 Å². The fourth-order valence-electron chi connectivity index (χ4n) is 2.46. The molecule has 0 N–H and O–H groups in total. The topological polar surface area (TPSA) is 30.0 Å². The van der Waals surface area contributed by atoms with Gasteiger partial charge in [0.15, 0.2) is 0 Å². The van der Waals surface area contributed by atoms with Crippen LogP contribution in [-0.4, -0.2) is 10.8 Å². The van der Waals surface area contributed by atoms with Gasteiger partial charge in [-0.1, -0.05) is 42.3 Å². The molecule has 2 nitrogen and oxygen atoms in total. The molecule has 19 heavy (non-hydrogen) atoms. The summed E-state index contributed by atoms with van der Waals surface area (Å²) >= 11 is 6.07. The molecule has 1 saturated carbocycles. The van der Waals surface area contributed by atoms with Gasteiger partial charge in [0.05, 0.1) is 5.02 Å². The first-order valence-corrected chi connectivity index (χ1v) is 6.89. The van der Waals surface area contributed by atoms with Crippen molar-refractivity contribution in [2.75, 3.05) is 0 Å². The standard InChI is InChI=1S/C16H14ClNO/c17-14-9-4-10-18-15(14)16(19)13-8-2-1-7-12(13)11-5-3-6-11/h1-2,4,7-11H,3,5-6H2. The molecule has 1 heterocycles. The molecule has 1 aromatic heterocycles. The third kappa shape index (κ3) is 2.28. The number of benzene rings is 1. The highest BCUT2D eigenvalue weighted by atomic mass is 35.5. The molecule has 0 spiro atoms. The summed E-state index contributed by atoms with van der Waals surface area (Å²) in [6, 6.07) is 11.2. The van der Waals surface area contributed by atoms with Crippen molar-refractivity contribution in [2.24, 2.45) is 0 Å². The molecule has 0 aliphatic heterocycles.